The van der Waals surface area contributed by atoms with Gasteiger partial charge in [-0.15, -0.1) is 0 Å². The predicted octanol–water partition coefficient (Wildman–Crippen LogP) is 7.34. The van der Waals surface area contributed by atoms with Crippen molar-refractivity contribution < 1.29 is 42.1 Å². The van der Waals surface area contributed by atoms with Gasteiger partial charge < -0.3 is 18.9 Å². The van der Waals surface area contributed by atoms with Gasteiger partial charge in [0, 0.05) is 6.42 Å². The minimum Gasteiger partial charge on any atom is -0.435 e. The Hall–Kier alpha value is -0.830. The van der Waals surface area contributed by atoms with Crippen molar-refractivity contribution in [2.45, 2.75) is 136 Å². The smallest absolute Gasteiger partial charge is 0.435 e. The van der Waals surface area contributed by atoms with E-state index in [4.69, 9.17) is 18.5 Å². The van der Waals surface area contributed by atoms with Crippen molar-refractivity contribution in [3.05, 3.63) is 0 Å². The summed E-state index contributed by atoms with van der Waals surface area (Å²) in [7, 11) is 1.63. The van der Waals surface area contributed by atoms with Crippen LogP contribution >= 0.6 is 7.82 Å². The zero-order valence-corrected chi connectivity index (χ0v) is 27.2. The van der Waals surface area contributed by atoms with E-state index in [0.29, 0.717) is 17.6 Å². The van der Waals surface area contributed by atoms with Crippen molar-refractivity contribution in [1.82, 2.24) is 0 Å². The molecule has 2 atom stereocenters. The zero-order chi connectivity index (χ0) is 30.1. The molecule has 0 heterocycles. The van der Waals surface area contributed by atoms with E-state index in [-0.39, 0.29) is 31.8 Å². The second-order valence-corrected chi connectivity index (χ2v) is 13.4. The Morgan fingerprint density at radius 3 is 1.62 bits per heavy atom. The van der Waals surface area contributed by atoms with Crippen LogP contribution in [0.5, 0.6) is 0 Å². The molecule has 238 valence electrons. The van der Waals surface area contributed by atoms with Crippen molar-refractivity contribution in [1.29, 1.82) is 0 Å². The summed E-state index contributed by atoms with van der Waals surface area (Å²) in [5.41, 5.74) is 0. The Bertz CT molecular complexity index is 683. The summed E-state index contributed by atoms with van der Waals surface area (Å²) in [4.78, 5) is 33.0. The van der Waals surface area contributed by atoms with Crippen molar-refractivity contribution in [3.8, 4) is 0 Å². The molecule has 0 amide bonds. The number of phosphoric ester groups is 1. The Balaban J connectivity index is 4.01. The Labute approximate surface area is 244 Å². The minimum atomic E-state index is -4.22. The van der Waals surface area contributed by atoms with Gasteiger partial charge in [0.05, 0.1) is 34.4 Å². The van der Waals surface area contributed by atoms with Gasteiger partial charge in [-0.3, -0.25) is 18.6 Å². The lowest BCUT2D eigenvalue weighted by atomic mass is 10.0. The van der Waals surface area contributed by atoms with Crippen LogP contribution in [0, 0.1) is 0 Å². The molecule has 40 heavy (non-hydrogen) atoms. The topological polar surface area (TPSA) is 108 Å². The number of carbonyl (C=O) groups excluding carboxylic acids is 2. The van der Waals surface area contributed by atoms with E-state index in [2.05, 4.69) is 6.92 Å². The molecule has 1 N–H and O–H groups in total. The molecule has 0 fully saturated rings. The van der Waals surface area contributed by atoms with E-state index >= 15 is 0 Å². The Kier molecular flexibility index (Phi) is 24.2. The summed E-state index contributed by atoms with van der Waals surface area (Å²) in [5, 5.41) is 0. The molecule has 0 aromatic carbocycles. The summed E-state index contributed by atoms with van der Waals surface area (Å²) < 4.78 is 33.6. The SMILES string of the molecule is CCCCCCCCCCCCCCCCCCOC(CCOP(=O)(O)OCC[N+](C)(C)C)OC(=O)CC(C)=O. The largest absolute Gasteiger partial charge is 0.472 e. The molecular weight excluding hydrogens is 533 g/mol. The highest BCUT2D eigenvalue weighted by atomic mass is 31.2. The second kappa shape index (κ2) is 24.7. The molecule has 2 unspecified atom stereocenters. The Morgan fingerprint density at radius 2 is 1.18 bits per heavy atom. The molecule has 0 aliphatic carbocycles. The lowest BCUT2D eigenvalue weighted by Gasteiger charge is -2.24. The predicted molar refractivity (Wildman–Crippen MR) is 160 cm³/mol. The summed E-state index contributed by atoms with van der Waals surface area (Å²) in [5.74, 6) is -0.987. The number of rotatable bonds is 29. The van der Waals surface area contributed by atoms with Gasteiger partial charge in [0.1, 0.15) is 25.4 Å². The molecule has 0 bridgehead atoms. The maximum atomic E-state index is 12.1. The number of quaternary nitrogens is 1. The number of ether oxygens (including phenoxy) is 2. The van der Waals surface area contributed by atoms with Crippen molar-refractivity contribution in [3.63, 3.8) is 0 Å². The number of ketones is 1. The first kappa shape index (κ1) is 39.2. The van der Waals surface area contributed by atoms with E-state index in [9.17, 15) is 19.0 Å². The monoisotopic (exact) mass is 594 g/mol. The fraction of sp³-hybridized carbons (Fsp3) is 0.933. The van der Waals surface area contributed by atoms with Gasteiger partial charge in [-0.25, -0.2) is 4.57 Å². The molecule has 0 aromatic heterocycles. The first-order chi connectivity index (χ1) is 18.9. The van der Waals surface area contributed by atoms with E-state index in [1.165, 1.54) is 90.4 Å². The molecule has 0 aliphatic rings. The van der Waals surface area contributed by atoms with Crippen LogP contribution in [0.2, 0.25) is 0 Å². The van der Waals surface area contributed by atoms with Crippen LogP contribution < -0.4 is 0 Å². The highest BCUT2D eigenvalue weighted by Gasteiger charge is 2.24. The number of carbonyl (C=O) groups is 2. The number of nitrogens with zero attached hydrogens (tertiary/aromatic N) is 1. The number of phosphoric acid groups is 1. The van der Waals surface area contributed by atoms with Crippen LogP contribution in [0.3, 0.4) is 0 Å². The van der Waals surface area contributed by atoms with Gasteiger partial charge in [0.25, 0.3) is 0 Å². The first-order valence-corrected chi connectivity index (χ1v) is 17.2. The van der Waals surface area contributed by atoms with E-state index in [1.807, 2.05) is 21.1 Å². The first-order valence-electron chi connectivity index (χ1n) is 15.7. The summed E-state index contributed by atoms with van der Waals surface area (Å²) >= 11 is 0. The summed E-state index contributed by atoms with van der Waals surface area (Å²) in [6, 6.07) is 0. The van der Waals surface area contributed by atoms with Crippen molar-refractivity contribution in [2.24, 2.45) is 0 Å². The third-order valence-corrected chi connectivity index (χ3v) is 7.60. The number of hydrogen-bond acceptors (Lipinski definition) is 7. The Morgan fingerprint density at radius 1 is 0.725 bits per heavy atom. The molecule has 0 aliphatic heterocycles. The van der Waals surface area contributed by atoms with Gasteiger partial charge >= 0.3 is 13.8 Å². The van der Waals surface area contributed by atoms with Gasteiger partial charge in [0.2, 0.25) is 6.29 Å². The molecule has 0 aromatic rings. The fourth-order valence-electron chi connectivity index (χ4n) is 4.16. The third-order valence-electron chi connectivity index (χ3n) is 6.58. The maximum Gasteiger partial charge on any atom is 0.472 e. The number of hydrogen-bond donors (Lipinski definition) is 1. The van der Waals surface area contributed by atoms with Crippen molar-refractivity contribution in [2.75, 3.05) is 47.5 Å². The number of esters is 1. The highest BCUT2D eigenvalue weighted by molar-refractivity contribution is 7.47. The highest BCUT2D eigenvalue weighted by Crippen LogP contribution is 2.43. The molecule has 0 radical (unpaired) electrons. The van der Waals surface area contributed by atoms with E-state index in [1.54, 1.807) is 0 Å². The normalized spacial score (nSPS) is 14.2. The molecule has 10 heteroatoms. The van der Waals surface area contributed by atoms with Gasteiger partial charge in [0.15, 0.2) is 0 Å². The maximum absolute atomic E-state index is 12.1. The summed E-state index contributed by atoms with van der Waals surface area (Å²) in [6.45, 7) is 4.40. The quantitative estimate of drug-likeness (QED) is 0.0239. The molecule has 0 saturated carbocycles. The van der Waals surface area contributed by atoms with Crippen LogP contribution in [0.4, 0.5) is 0 Å². The molecule has 0 rings (SSSR count). The lowest BCUT2D eigenvalue weighted by molar-refractivity contribution is -0.870. The van der Waals surface area contributed by atoms with Crippen LogP contribution in [0.15, 0.2) is 0 Å². The van der Waals surface area contributed by atoms with Gasteiger partial charge in [-0.2, -0.15) is 0 Å². The van der Waals surface area contributed by atoms with Crippen LogP contribution in [0.25, 0.3) is 0 Å². The zero-order valence-electron chi connectivity index (χ0n) is 26.3. The lowest BCUT2D eigenvalue weighted by Crippen LogP contribution is -2.37. The van der Waals surface area contributed by atoms with Gasteiger partial charge in [-0.05, 0) is 13.3 Å². The average Bonchev–Trinajstić information content (AvgIpc) is 2.84. The number of unbranched alkanes of at least 4 members (excludes halogenated alkanes) is 15. The van der Waals surface area contributed by atoms with Crippen LogP contribution in [-0.4, -0.2) is 74.9 Å². The van der Waals surface area contributed by atoms with E-state index in [0.717, 1.165) is 19.3 Å². The van der Waals surface area contributed by atoms with Crippen LogP contribution in [0.1, 0.15) is 129 Å². The average molecular weight is 595 g/mol. The number of Topliss-reactive ketones (excluding diaryl/α,β-unsaturated/α-hetero) is 1. The van der Waals surface area contributed by atoms with E-state index < -0.39 is 20.1 Å². The molecule has 0 saturated heterocycles. The number of likely N-dealkylation sites (N-methyl/N-ethyl adjacent to an activating group) is 1. The third kappa shape index (κ3) is 28.7. The summed E-state index contributed by atoms with van der Waals surface area (Å²) in [6.07, 6.45) is 19.2. The minimum absolute atomic E-state index is 0.0613. The van der Waals surface area contributed by atoms with Crippen LogP contribution in [-0.2, 0) is 32.7 Å². The standard InChI is InChI=1S/C30H60NO8P/c1-6-7-8-9-10-11-12-13-14-15-16-17-18-19-20-21-24-36-30(39-29(33)27-28(2)32)22-25-37-40(34,35)38-26-23-31(3,4)5/h30H,6-27H2,1-5H3/p+1. The molecular formula is C30H61NO8P+. The second-order valence-electron chi connectivity index (χ2n) is 11.9. The van der Waals surface area contributed by atoms with Gasteiger partial charge in [-0.1, -0.05) is 103 Å². The molecule has 0 spiro atoms. The molecule has 9 nitrogen and oxygen atoms in total. The fourth-order valence-corrected chi connectivity index (χ4v) is 4.89. The van der Waals surface area contributed by atoms with Crippen molar-refractivity contribution >= 4 is 19.6 Å².